The van der Waals surface area contributed by atoms with Crippen LogP contribution in [0.5, 0.6) is 0 Å². The van der Waals surface area contributed by atoms with Crippen LogP contribution in [0.3, 0.4) is 0 Å². The lowest BCUT2D eigenvalue weighted by molar-refractivity contribution is -0.120. The molecular formula is C12H17ClN4OS. The van der Waals surface area contributed by atoms with E-state index in [2.05, 4.69) is 15.3 Å². The molecule has 1 N–H and O–H groups in total. The molecule has 1 aromatic heterocycles. The Morgan fingerprint density at radius 3 is 2.95 bits per heavy atom. The number of hydrogen-bond acceptors (Lipinski definition) is 5. The van der Waals surface area contributed by atoms with Crippen LogP contribution in [-0.2, 0) is 11.2 Å². The minimum absolute atomic E-state index is 0.0241. The zero-order chi connectivity index (χ0) is 14.0. The summed E-state index contributed by atoms with van der Waals surface area (Å²) in [5.74, 6) is 1.71. The van der Waals surface area contributed by atoms with Crippen LogP contribution in [0.15, 0.2) is 4.90 Å². The first-order valence-electron chi connectivity index (χ1n) is 6.17. The summed E-state index contributed by atoms with van der Waals surface area (Å²) in [6.45, 7) is 4.14. The molecule has 0 saturated carbocycles. The molecule has 2 heterocycles. The van der Waals surface area contributed by atoms with E-state index >= 15 is 0 Å². The number of nitrogens with one attached hydrogen (secondary N) is 1. The number of aromatic nitrogens is 2. The minimum Gasteiger partial charge on any atom is -0.352 e. The highest BCUT2D eigenvalue weighted by atomic mass is 35.5. The number of hydrogen-bond donors (Lipinski definition) is 1. The van der Waals surface area contributed by atoms with Crippen molar-refractivity contribution in [2.75, 3.05) is 24.2 Å². The predicted molar refractivity (Wildman–Crippen MR) is 78.0 cm³/mol. The van der Waals surface area contributed by atoms with Gasteiger partial charge in [-0.15, -0.1) is 11.8 Å². The molecule has 7 heteroatoms. The summed E-state index contributed by atoms with van der Waals surface area (Å²) < 4.78 is 0. The Balaban J connectivity index is 2.15. The number of carbonyl (C=O) groups is 1. The lowest BCUT2D eigenvalue weighted by atomic mass is 10.3. The van der Waals surface area contributed by atoms with Crippen molar-refractivity contribution in [3.05, 3.63) is 11.0 Å². The van der Waals surface area contributed by atoms with Crippen LogP contribution in [0, 0.1) is 0 Å². The van der Waals surface area contributed by atoms with E-state index in [0.29, 0.717) is 0 Å². The Bertz CT molecular complexity index is 495. The Labute approximate surface area is 122 Å². The smallest absolute Gasteiger partial charge is 0.239 e. The summed E-state index contributed by atoms with van der Waals surface area (Å²) in [4.78, 5) is 23.1. The maximum absolute atomic E-state index is 11.8. The van der Waals surface area contributed by atoms with Gasteiger partial charge < -0.3 is 10.2 Å². The van der Waals surface area contributed by atoms with Crippen molar-refractivity contribution in [2.45, 2.75) is 31.2 Å². The zero-order valence-corrected chi connectivity index (χ0v) is 12.8. The monoisotopic (exact) mass is 300 g/mol. The number of thioether (sulfide) groups is 1. The van der Waals surface area contributed by atoms with Crippen LogP contribution in [0.2, 0.25) is 5.28 Å². The molecule has 1 amide bonds. The fourth-order valence-corrected chi connectivity index (χ4v) is 3.26. The molecule has 0 bridgehead atoms. The Hall–Kier alpha value is -1.01. The normalized spacial score (nSPS) is 13.5. The molecule has 0 fully saturated rings. The van der Waals surface area contributed by atoms with Gasteiger partial charge >= 0.3 is 0 Å². The summed E-state index contributed by atoms with van der Waals surface area (Å²) in [6, 6.07) is 0.134. The fraction of sp³-hybridized carbons (Fsp3) is 0.583. The van der Waals surface area contributed by atoms with E-state index in [1.807, 2.05) is 25.8 Å². The zero-order valence-electron chi connectivity index (χ0n) is 11.2. The van der Waals surface area contributed by atoms with E-state index in [1.54, 1.807) is 11.8 Å². The fourth-order valence-electron chi connectivity index (χ4n) is 1.94. The van der Waals surface area contributed by atoms with Crippen molar-refractivity contribution >= 4 is 35.1 Å². The van der Waals surface area contributed by atoms with Gasteiger partial charge in [-0.3, -0.25) is 4.79 Å². The number of rotatable bonds is 4. The first-order valence-corrected chi connectivity index (χ1v) is 7.53. The molecule has 104 valence electrons. The highest BCUT2D eigenvalue weighted by molar-refractivity contribution is 7.99. The van der Waals surface area contributed by atoms with Gasteiger partial charge in [0, 0.05) is 25.3 Å². The molecule has 1 aliphatic rings. The largest absolute Gasteiger partial charge is 0.352 e. The molecule has 0 saturated heterocycles. The summed E-state index contributed by atoms with van der Waals surface area (Å²) in [5, 5.41) is 3.10. The van der Waals surface area contributed by atoms with Gasteiger partial charge in [-0.1, -0.05) is 0 Å². The van der Waals surface area contributed by atoms with Crippen LogP contribution >= 0.6 is 23.4 Å². The third-order valence-electron chi connectivity index (χ3n) is 2.67. The second kappa shape index (κ2) is 5.96. The third-order valence-corrected chi connectivity index (χ3v) is 3.95. The lowest BCUT2D eigenvalue weighted by Crippen LogP contribution is -2.39. The Morgan fingerprint density at radius 1 is 1.53 bits per heavy atom. The molecule has 0 aliphatic carbocycles. The lowest BCUT2D eigenvalue weighted by Gasteiger charge is -2.20. The molecule has 1 aromatic rings. The van der Waals surface area contributed by atoms with E-state index in [4.69, 9.17) is 11.6 Å². The first-order chi connectivity index (χ1) is 8.97. The SMILES string of the molecule is CC(C)NC(=O)CN(C)c1nc(Cl)nc2c1SCC2. The number of fused-ring (bicyclic) bond motifs is 1. The van der Waals surface area contributed by atoms with Crippen LogP contribution in [0.25, 0.3) is 0 Å². The standard InChI is InChI=1S/C12H17ClN4OS/c1-7(2)14-9(18)6-17(3)11-10-8(4-5-19-10)15-12(13)16-11/h7H,4-6H2,1-3H3,(H,14,18). The second-order valence-corrected chi connectivity index (χ2v) is 6.21. The van der Waals surface area contributed by atoms with Crippen LogP contribution in [-0.4, -0.2) is 41.3 Å². The number of amides is 1. The van der Waals surface area contributed by atoms with Crippen molar-refractivity contribution in [3.63, 3.8) is 0 Å². The van der Waals surface area contributed by atoms with Gasteiger partial charge in [0.1, 0.15) is 5.82 Å². The van der Waals surface area contributed by atoms with Gasteiger partial charge in [0.15, 0.2) is 0 Å². The highest BCUT2D eigenvalue weighted by Gasteiger charge is 2.22. The summed E-state index contributed by atoms with van der Waals surface area (Å²) in [6.07, 6.45) is 0.904. The number of likely N-dealkylation sites (N-methyl/N-ethyl adjacent to an activating group) is 1. The highest BCUT2D eigenvalue weighted by Crippen LogP contribution is 2.37. The van der Waals surface area contributed by atoms with E-state index in [-0.39, 0.29) is 23.8 Å². The van der Waals surface area contributed by atoms with Crippen molar-refractivity contribution < 1.29 is 4.79 Å². The summed E-state index contributed by atoms with van der Waals surface area (Å²) in [5.41, 5.74) is 0.983. The molecule has 19 heavy (non-hydrogen) atoms. The first kappa shape index (κ1) is 14.4. The average molecular weight is 301 g/mol. The Kier molecular flexibility index (Phi) is 4.52. The molecule has 0 aromatic carbocycles. The number of anilines is 1. The number of halogens is 1. The minimum atomic E-state index is -0.0241. The van der Waals surface area contributed by atoms with E-state index in [9.17, 15) is 4.79 Å². The topological polar surface area (TPSA) is 58.1 Å². The number of aryl methyl sites for hydroxylation is 1. The number of carbonyl (C=O) groups excluding carboxylic acids is 1. The van der Waals surface area contributed by atoms with E-state index in [1.165, 1.54) is 0 Å². The number of nitrogens with zero attached hydrogens (tertiary/aromatic N) is 3. The van der Waals surface area contributed by atoms with Crippen molar-refractivity contribution in [1.29, 1.82) is 0 Å². The predicted octanol–water partition coefficient (Wildman–Crippen LogP) is 1.74. The van der Waals surface area contributed by atoms with E-state index in [0.717, 1.165) is 28.6 Å². The summed E-state index contributed by atoms with van der Waals surface area (Å²) >= 11 is 7.65. The Morgan fingerprint density at radius 2 is 2.26 bits per heavy atom. The van der Waals surface area contributed by atoms with Crippen LogP contribution in [0.1, 0.15) is 19.5 Å². The van der Waals surface area contributed by atoms with Crippen LogP contribution in [0.4, 0.5) is 5.82 Å². The third kappa shape index (κ3) is 3.51. The molecule has 2 rings (SSSR count). The van der Waals surface area contributed by atoms with Gasteiger partial charge in [0.2, 0.25) is 11.2 Å². The van der Waals surface area contributed by atoms with Gasteiger partial charge in [0.25, 0.3) is 0 Å². The van der Waals surface area contributed by atoms with Gasteiger partial charge in [-0.2, -0.15) is 4.98 Å². The maximum atomic E-state index is 11.8. The molecular weight excluding hydrogens is 284 g/mol. The second-order valence-electron chi connectivity index (χ2n) is 4.77. The van der Waals surface area contributed by atoms with Gasteiger partial charge in [0.05, 0.1) is 17.1 Å². The summed E-state index contributed by atoms with van der Waals surface area (Å²) in [7, 11) is 1.84. The quantitative estimate of drug-likeness (QED) is 0.858. The maximum Gasteiger partial charge on any atom is 0.239 e. The molecule has 0 radical (unpaired) electrons. The average Bonchev–Trinajstić information content (AvgIpc) is 2.73. The molecule has 1 aliphatic heterocycles. The van der Waals surface area contributed by atoms with Gasteiger partial charge in [-0.05, 0) is 25.4 Å². The molecule has 0 atom stereocenters. The molecule has 0 spiro atoms. The van der Waals surface area contributed by atoms with Crippen LogP contribution < -0.4 is 10.2 Å². The van der Waals surface area contributed by atoms with Crippen molar-refractivity contribution in [2.24, 2.45) is 0 Å². The van der Waals surface area contributed by atoms with Crippen molar-refractivity contribution in [1.82, 2.24) is 15.3 Å². The van der Waals surface area contributed by atoms with Gasteiger partial charge in [-0.25, -0.2) is 4.98 Å². The molecule has 5 nitrogen and oxygen atoms in total. The van der Waals surface area contributed by atoms with E-state index < -0.39 is 0 Å². The van der Waals surface area contributed by atoms with Crippen molar-refractivity contribution in [3.8, 4) is 0 Å². The molecule has 0 unspecified atom stereocenters.